The van der Waals surface area contributed by atoms with Crippen LogP contribution in [0, 0.1) is 11.7 Å². The van der Waals surface area contributed by atoms with Gasteiger partial charge in [0.2, 0.25) is 0 Å². The van der Waals surface area contributed by atoms with Gasteiger partial charge in [-0.2, -0.15) is 0 Å². The van der Waals surface area contributed by atoms with Gasteiger partial charge in [-0.25, -0.2) is 4.39 Å². The minimum Gasteiger partial charge on any atom is -0.299 e. The lowest BCUT2D eigenvalue weighted by molar-refractivity contribution is -0.125. The van der Waals surface area contributed by atoms with Gasteiger partial charge in [0.15, 0.2) is 5.78 Å². The summed E-state index contributed by atoms with van der Waals surface area (Å²) in [4.78, 5) is 23.3. The van der Waals surface area contributed by atoms with Gasteiger partial charge in [0.05, 0.1) is 0 Å². The van der Waals surface area contributed by atoms with Crippen molar-refractivity contribution in [2.24, 2.45) is 5.92 Å². The third kappa shape index (κ3) is 2.99. The summed E-state index contributed by atoms with van der Waals surface area (Å²) in [6, 6.07) is 5.46. The van der Waals surface area contributed by atoms with Crippen LogP contribution in [0.5, 0.6) is 0 Å². The van der Waals surface area contributed by atoms with Gasteiger partial charge in [0.25, 0.3) is 0 Å². The second kappa shape index (κ2) is 5.21. The van der Waals surface area contributed by atoms with Crippen LogP contribution < -0.4 is 0 Å². The average molecular weight is 234 g/mol. The van der Waals surface area contributed by atoms with E-state index in [0.717, 1.165) is 19.3 Å². The Morgan fingerprint density at radius 1 is 1.12 bits per heavy atom. The van der Waals surface area contributed by atoms with E-state index >= 15 is 0 Å². The molecule has 0 atom stereocenters. The van der Waals surface area contributed by atoms with Gasteiger partial charge in [-0.15, -0.1) is 0 Å². The molecule has 0 heterocycles. The maximum atomic E-state index is 12.7. The molecule has 0 N–H and O–H groups in total. The zero-order valence-electron chi connectivity index (χ0n) is 9.62. The highest BCUT2D eigenvalue weighted by atomic mass is 19.1. The van der Waals surface area contributed by atoms with E-state index in [2.05, 4.69) is 0 Å². The summed E-state index contributed by atoms with van der Waals surface area (Å²) in [5.74, 6) is -0.0486. The lowest BCUT2D eigenvalue weighted by Gasteiger charge is -2.23. The quantitative estimate of drug-likeness (QED) is 0.733. The number of carbonyl (C=O) groups is 2. The molecule has 0 bridgehead atoms. The molecule has 2 rings (SSSR count). The molecule has 0 saturated heterocycles. The average Bonchev–Trinajstić information content (AvgIpc) is 2.24. The van der Waals surface area contributed by atoms with Crippen molar-refractivity contribution >= 4 is 11.6 Å². The predicted molar refractivity (Wildman–Crippen MR) is 62.3 cm³/mol. The van der Waals surface area contributed by atoms with Crippen LogP contribution >= 0.6 is 0 Å². The molecule has 0 radical (unpaired) electrons. The molecule has 0 unspecified atom stereocenters. The van der Waals surface area contributed by atoms with Gasteiger partial charge in [0.1, 0.15) is 11.6 Å². The summed E-state index contributed by atoms with van der Waals surface area (Å²) in [6.45, 7) is 0. The molecular weight excluding hydrogens is 219 g/mol. The first kappa shape index (κ1) is 12.0. The van der Waals surface area contributed by atoms with Crippen LogP contribution in [-0.2, 0) is 4.79 Å². The summed E-state index contributed by atoms with van der Waals surface area (Å²) in [5.41, 5.74) is 0.479. The topological polar surface area (TPSA) is 34.1 Å². The molecule has 0 aliphatic heterocycles. The molecule has 2 nitrogen and oxygen atoms in total. The first-order valence-electron chi connectivity index (χ1n) is 5.98. The number of benzene rings is 1. The number of ketones is 2. The van der Waals surface area contributed by atoms with Crippen molar-refractivity contribution in [1.82, 2.24) is 0 Å². The molecule has 0 amide bonds. The third-order valence-corrected chi connectivity index (χ3v) is 3.33. The smallest absolute Gasteiger partial charge is 0.163 e. The Bertz CT molecular complexity index is 418. The SMILES string of the molecule is O=C(CCC(=O)C1CCC1)c1ccc(F)cc1. The molecule has 1 saturated carbocycles. The third-order valence-electron chi connectivity index (χ3n) is 3.33. The van der Waals surface area contributed by atoms with Crippen LogP contribution in [-0.4, -0.2) is 11.6 Å². The largest absolute Gasteiger partial charge is 0.299 e. The molecule has 1 aliphatic carbocycles. The summed E-state index contributed by atoms with van der Waals surface area (Å²) < 4.78 is 12.7. The zero-order valence-corrected chi connectivity index (χ0v) is 9.62. The van der Waals surface area contributed by atoms with Gasteiger partial charge >= 0.3 is 0 Å². The fraction of sp³-hybridized carbons (Fsp3) is 0.429. The first-order chi connectivity index (χ1) is 8.16. The van der Waals surface area contributed by atoms with Crippen molar-refractivity contribution in [2.45, 2.75) is 32.1 Å². The van der Waals surface area contributed by atoms with E-state index in [-0.39, 0.29) is 29.7 Å². The highest BCUT2D eigenvalue weighted by Gasteiger charge is 2.25. The van der Waals surface area contributed by atoms with E-state index in [4.69, 9.17) is 0 Å². The number of Topliss-reactive ketones (excluding diaryl/α,β-unsaturated/α-hetero) is 2. The second-order valence-corrected chi connectivity index (χ2v) is 4.52. The van der Waals surface area contributed by atoms with Gasteiger partial charge in [-0.3, -0.25) is 9.59 Å². The minimum absolute atomic E-state index is 0.0855. The van der Waals surface area contributed by atoms with Crippen molar-refractivity contribution in [3.05, 3.63) is 35.6 Å². The summed E-state index contributed by atoms with van der Waals surface area (Å²) in [6.07, 6.45) is 3.64. The Hall–Kier alpha value is -1.51. The second-order valence-electron chi connectivity index (χ2n) is 4.52. The number of halogens is 1. The molecule has 0 spiro atoms. The molecule has 1 aromatic carbocycles. The van der Waals surface area contributed by atoms with Crippen molar-refractivity contribution in [2.75, 3.05) is 0 Å². The molecular formula is C14H15FO2. The van der Waals surface area contributed by atoms with Crippen LogP contribution in [0.1, 0.15) is 42.5 Å². The number of hydrogen-bond acceptors (Lipinski definition) is 2. The molecule has 1 fully saturated rings. The lowest BCUT2D eigenvalue weighted by atomic mass is 9.80. The fourth-order valence-corrected chi connectivity index (χ4v) is 1.95. The van der Waals surface area contributed by atoms with E-state index in [9.17, 15) is 14.0 Å². The van der Waals surface area contributed by atoms with Crippen LogP contribution in [0.3, 0.4) is 0 Å². The Labute approximate surface area is 99.8 Å². The Morgan fingerprint density at radius 2 is 1.76 bits per heavy atom. The van der Waals surface area contributed by atoms with Gasteiger partial charge in [0, 0.05) is 24.3 Å². The van der Waals surface area contributed by atoms with Crippen molar-refractivity contribution in [3.63, 3.8) is 0 Å². The van der Waals surface area contributed by atoms with E-state index < -0.39 is 0 Å². The molecule has 1 aromatic rings. The normalized spacial score (nSPS) is 15.4. The van der Waals surface area contributed by atoms with Crippen LogP contribution in [0.4, 0.5) is 4.39 Å². The summed E-state index contributed by atoms with van der Waals surface area (Å²) >= 11 is 0. The van der Waals surface area contributed by atoms with Crippen LogP contribution in [0.25, 0.3) is 0 Å². The summed E-state index contributed by atoms with van der Waals surface area (Å²) in [7, 11) is 0. The van der Waals surface area contributed by atoms with Crippen molar-refractivity contribution < 1.29 is 14.0 Å². The number of hydrogen-bond donors (Lipinski definition) is 0. The first-order valence-corrected chi connectivity index (χ1v) is 5.98. The summed E-state index contributed by atoms with van der Waals surface area (Å²) in [5, 5.41) is 0. The van der Waals surface area contributed by atoms with Crippen LogP contribution in [0.15, 0.2) is 24.3 Å². The maximum absolute atomic E-state index is 12.7. The molecule has 0 aromatic heterocycles. The van der Waals surface area contributed by atoms with E-state index in [1.165, 1.54) is 24.3 Å². The Kier molecular flexibility index (Phi) is 3.67. The maximum Gasteiger partial charge on any atom is 0.163 e. The van der Waals surface area contributed by atoms with Crippen molar-refractivity contribution in [3.8, 4) is 0 Å². The minimum atomic E-state index is -0.355. The fourth-order valence-electron chi connectivity index (χ4n) is 1.95. The molecule has 90 valence electrons. The van der Waals surface area contributed by atoms with Crippen molar-refractivity contribution in [1.29, 1.82) is 0 Å². The van der Waals surface area contributed by atoms with E-state index in [1.807, 2.05) is 0 Å². The molecule has 17 heavy (non-hydrogen) atoms. The van der Waals surface area contributed by atoms with E-state index in [1.54, 1.807) is 0 Å². The number of rotatable bonds is 5. The zero-order chi connectivity index (χ0) is 12.3. The van der Waals surface area contributed by atoms with Crippen LogP contribution in [0.2, 0.25) is 0 Å². The molecule has 1 aliphatic rings. The van der Waals surface area contributed by atoms with Gasteiger partial charge in [-0.1, -0.05) is 6.42 Å². The Balaban J connectivity index is 1.84. The predicted octanol–water partition coefficient (Wildman–Crippen LogP) is 3.16. The van der Waals surface area contributed by atoms with Gasteiger partial charge < -0.3 is 0 Å². The monoisotopic (exact) mass is 234 g/mol. The van der Waals surface area contributed by atoms with E-state index in [0.29, 0.717) is 12.0 Å². The number of carbonyl (C=O) groups excluding carboxylic acids is 2. The lowest BCUT2D eigenvalue weighted by Crippen LogP contribution is -2.22. The Morgan fingerprint density at radius 3 is 2.29 bits per heavy atom. The van der Waals surface area contributed by atoms with Gasteiger partial charge in [-0.05, 0) is 37.1 Å². The highest BCUT2D eigenvalue weighted by molar-refractivity contribution is 5.98. The molecule has 3 heteroatoms. The highest BCUT2D eigenvalue weighted by Crippen LogP contribution is 2.28. The standard InChI is InChI=1S/C14H15FO2/c15-12-6-4-11(5-7-12)14(17)9-8-13(16)10-2-1-3-10/h4-7,10H,1-3,8-9H2.